The lowest BCUT2D eigenvalue weighted by Crippen LogP contribution is -2.56. The molecule has 0 unspecified atom stereocenters. The minimum absolute atomic E-state index is 0.0124. The Morgan fingerprint density at radius 3 is 2.64 bits per heavy atom. The summed E-state index contributed by atoms with van der Waals surface area (Å²) < 4.78 is 5.72. The second kappa shape index (κ2) is 6.25. The Morgan fingerprint density at radius 2 is 1.92 bits per heavy atom. The lowest BCUT2D eigenvalue weighted by atomic mass is 10.0. The summed E-state index contributed by atoms with van der Waals surface area (Å²) in [5, 5.41) is 10.9. The molecule has 4 rings (SSSR count). The van der Waals surface area contributed by atoms with E-state index in [0.717, 1.165) is 10.8 Å². The molecule has 1 aliphatic heterocycles. The van der Waals surface area contributed by atoms with Crippen LogP contribution in [0.25, 0.3) is 10.8 Å². The predicted molar refractivity (Wildman–Crippen MR) is 93.2 cm³/mol. The molecular formula is C20H15N3O2. The molecule has 0 aliphatic carbocycles. The van der Waals surface area contributed by atoms with Crippen molar-refractivity contribution in [3.8, 4) is 11.9 Å². The molecule has 0 radical (unpaired) electrons. The molecule has 0 atom stereocenters. The number of rotatable bonds is 3. The van der Waals surface area contributed by atoms with Crippen LogP contribution in [0.2, 0.25) is 0 Å². The van der Waals surface area contributed by atoms with E-state index in [1.165, 1.54) is 6.20 Å². The summed E-state index contributed by atoms with van der Waals surface area (Å²) in [5.74, 6) is 0.486. The minimum Gasteiger partial charge on any atom is -0.471 e. The van der Waals surface area contributed by atoms with Crippen LogP contribution in [0, 0.1) is 11.3 Å². The van der Waals surface area contributed by atoms with E-state index >= 15 is 0 Å². The number of fused-ring (bicyclic) bond motifs is 1. The highest BCUT2D eigenvalue weighted by Crippen LogP contribution is 2.21. The van der Waals surface area contributed by atoms with Crippen molar-refractivity contribution in [3.63, 3.8) is 0 Å². The molecule has 1 amide bonds. The number of benzene rings is 2. The number of amides is 1. The monoisotopic (exact) mass is 329 g/mol. The Kier molecular flexibility index (Phi) is 3.79. The molecule has 122 valence electrons. The summed E-state index contributed by atoms with van der Waals surface area (Å²) >= 11 is 0. The predicted octanol–water partition coefficient (Wildman–Crippen LogP) is 3.01. The second-order valence-electron chi connectivity index (χ2n) is 6.01. The van der Waals surface area contributed by atoms with Gasteiger partial charge >= 0.3 is 0 Å². The van der Waals surface area contributed by atoms with Gasteiger partial charge in [-0.3, -0.25) is 4.79 Å². The Labute approximate surface area is 145 Å². The molecule has 5 nitrogen and oxygen atoms in total. The van der Waals surface area contributed by atoms with E-state index in [-0.39, 0.29) is 12.0 Å². The number of ether oxygens (including phenoxy) is 1. The van der Waals surface area contributed by atoms with Crippen LogP contribution in [0.15, 0.2) is 60.8 Å². The summed E-state index contributed by atoms with van der Waals surface area (Å²) in [6, 6.07) is 19.1. The maximum atomic E-state index is 12.6. The van der Waals surface area contributed by atoms with Gasteiger partial charge in [-0.15, -0.1) is 0 Å². The zero-order valence-electron chi connectivity index (χ0n) is 13.4. The number of nitriles is 1. The number of carbonyl (C=O) groups excluding carboxylic acids is 1. The van der Waals surface area contributed by atoms with Crippen LogP contribution in [-0.2, 0) is 0 Å². The van der Waals surface area contributed by atoms with Crippen LogP contribution >= 0.6 is 0 Å². The van der Waals surface area contributed by atoms with E-state index in [9.17, 15) is 4.79 Å². The van der Waals surface area contributed by atoms with Crippen molar-refractivity contribution in [3.05, 3.63) is 71.9 Å². The van der Waals surface area contributed by atoms with Crippen LogP contribution in [0.3, 0.4) is 0 Å². The first-order valence-electron chi connectivity index (χ1n) is 8.04. The fraction of sp³-hybridized carbons (Fsp3) is 0.150. The Hall–Kier alpha value is -3.39. The van der Waals surface area contributed by atoms with E-state index in [1.807, 2.05) is 48.5 Å². The fourth-order valence-electron chi connectivity index (χ4n) is 2.87. The minimum atomic E-state index is -0.0650. The third-order valence-electron chi connectivity index (χ3n) is 4.28. The van der Waals surface area contributed by atoms with Gasteiger partial charge in [0.15, 0.2) is 0 Å². The molecule has 2 aromatic carbocycles. The Balaban J connectivity index is 1.39. The van der Waals surface area contributed by atoms with Crippen LogP contribution in [-0.4, -0.2) is 35.0 Å². The second-order valence-corrected chi connectivity index (χ2v) is 6.01. The molecule has 1 saturated heterocycles. The average molecular weight is 329 g/mol. The molecule has 1 aromatic heterocycles. The van der Waals surface area contributed by atoms with E-state index in [0.29, 0.717) is 30.1 Å². The number of pyridine rings is 1. The van der Waals surface area contributed by atoms with Gasteiger partial charge < -0.3 is 9.64 Å². The largest absolute Gasteiger partial charge is 0.471 e. The molecule has 2 heterocycles. The molecule has 25 heavy (non-hydrogen) atoms. The van der Waals surface area contributed by atoms with Crippen molar-refractivity contribution >= 4 is 16.7 Å². The third-order valence-corrected chi connectivity index (χ3v) is 4.28. The molecular weight excluding hydrogens is 314 g/mol. The molecule has 3 aromatic rings. The smallest absolute Gasteiger partial charge is 0.254 e. The highest BCUT2D eigenvalue weighted by molar-refractivity contribution is 5.99. The summed E-state index contributed by atoms with van der Waals surface area (Å²) in [5.41, 5.74) is 1.18. The maximum absolute atomic E-state index is 12.6. The zero-order valence-corrected chi connectivity index (χ0v) is 13.4. The molecule has 0 saturated carbocycles. The summed E-state index contributed by atoms with van der Waals surface area (Å²) in [6.07, 6.45) is 1.41. The Bertz CT molecular complexity index is 970. The summed E-state index contributed by atoms with van der Waals surface area (Å²) in [6.45, 7) is 1.07. The quantitative estimate of drug-likeness (QED) is 0.741. The first-order valence-corrected chi connectivity index (χ1v) is 8.04. The van der Waals surface area contributed by atoms with E-state index in [4.69, 9.17) is 10.00 Å². The summed E-state index contributed by atoms with van der Waals surface area (Å²) in [4.78, 5) is 18.4. The zero-order chi connectivity index (χ0) is 17.2. The third kappa shape index (κ3) is 3.02. The SMILES string of the molecule is N#Cc1ccc(OC2CN(C(=O)c3ccc4ccccc4c3)C2)nc1. The average Bonchev–Trinajstić information content (AvgIpc) is 2.64. The molecule has 1 aliphatic rings. The van der Waals surface area contributed by atoms with Gasteiger partial charge in [0, 0.05) is 17.8 Å². The number of aromatic nitrogens is 1. The van der Waals surface area contributed by atoms with Crippen LogP contribution in [0.1, 0.15) is 15.9 Å². The van der Waals surface area contributed by atoms with Gasteiger partial charge in [0.1, 0.15) is 12.2 Å². The first-order chi connectivity index (χ1) is 12.2. The van der Waals surface area contributed by atoms with Gasteiger partial charge in [0.05, 0.1) is 18.7 Å². The highest BCUT2D eigenvalue weighted by atomic mass is 16.5. The number of likely N-dealkylation sites (tertiary alicyclic amines) is 1. The van der Waals surface area contributed by atoms with Crippen LogP contribution < -0.4 is 4.74 Å². The number of nitrogens with zero attached hydrogens (tertiary/aromatic N) is 3. The van der Waals surface area contributed by atoms with Crippen molar-refractivity contribution in [1.82, 2.24) is 9.88 Å². The van der Waals surface area contributed by atoms with Gasteiger partial charge in [0.2, 0.25) is 5.88 Å². The van der Waals surface area contributed by atoms with E-state index in [1.54, 1.807) is 17.0 Å². The normalized spacial score (nSPS) is 14.0. The van der Waals surface area contributed by atoms with Crippen LogP contribution in [0.5, 0.6) is 5.88 Å². The highest BCUT2D eigenvalue weighted by Gasteiger charge is 2.33. The molecule has 1 fully saturated rings. The topological polar surface area (TPSA) is 66.2 Å². The lowest BCUT2D eigenvalue weighted by molar-refractivity contribution is 0.0160. The van der Waals surface area contributed by atoms with Crippen molar-refractivity contribution < 1.29 is 9.53 Å². The molecule has 0 bridgehead atoms. The van der Waals surface area contributed by atoms with Crippen molar-refractivity contribution in [2.75, 3.05) is 13.1 Å². The van der Waals surface area contributed by atoms with Crippen LogP contribution in [0.4, 0.5) is 0 Å². The first kappa shape index (κ1) is 15.2. The van der Waals surface area contributed by atoms with Crippen molar-refractivity contribution in [2.24, 2.45) is 0 Å². The van der Waals surface area contributed by atoms with E-state index in [2.05, 4.69) is 4.98 Å². The molecule has 0 N–H and O–H groups in total. The van der Waals surface area contributed by atoms with Gasteiger partial charge in [-0.05, 0) is 29.0 Å². The van der Waals surface area contributed by atoms with Gasteiger partial charge in [-0.2, -0.15) is 5.26 Å². The van der Waals surface area contributed by atoms with Gasteiger partial charge in [-0.25, -0.2) is 4.98 Å². The molecule has 5 heteroatoms. The number of carbonyl (C=O) groups is 1. The summed E-state index contributed by atoms with van der Waals surface area (Å²) in [7, 11) is 0. The fourth-order valence-corrected chi connectivity index (χ4v) is 2.87. The van der Waals surface area contributed by atoms with Gasteiger partial charge in [0.25, 0.3) is 5.91 Å². The van der Waals surface area contributed by atoms with Crippen molar-refractivity contribution in [2.45, 2.75) is 6.10 Å². The lowest BCUT2D eigenvalue weighted by Gasteiger charge is -2.38. The van der Waals surface area contributed by atoms with E-state index < -0.39 is 0 Å². The maximum Gasteiger partial charge on any atom is 0.254 e. The molecule has 0 spiro atoms. The van der Waals surface area contributed by atoms with Crippen molar-refractivity contribution in [1.29, 1.82) is 5.26 Å². The number of hydrogen-bond donors (Lipinski definition) is 0. The standard InChI is InChI=1S/C20H15N3O2/c21-10-14-5-8-19(22-11-14)25-18-12-23(13-18)20(24)17-7-6-15-3-1-2-4-16(15)9-17/h1-9,11,18H,12-13H2. The number of hydrogen-bond acceptors (Lipinski definition) is 4. The Morgan fingerprint density at radius 1 is 1.12 bits per heavy atom. The van der Waals surface area contributed by atoms with Gasteiger partial charge in [-0.1, -0.05) is 30.3 Å².